The van der Waals surface area contributed by atoms with E-state index in [0.29, 0.717) is 6.54 Å². The van der Waals surface area contributed by atoms with Crippen LogP contribution in [0.4, 0.5) is 0 Å². The van der Waals surface area contributed by atoms with E-state index < -0.39 is 0 Å². The van der Waals surface area contributed by atoms with Crippen LogP contribution in [0.25, 0.3) is 0 Å². The van der Waals surface area contributed by atoms with Crippen molar-refractivity contribution in [3.05, 3.63) is 63.8 Å². The van der Waals surface area contributed by atoms with Crippen LogP contribution in [0.1, 0.15) is 36.6 Å². The fourth-order valence-corrected chi connectivity index (χ4v) is 2.41. The zero-order chi connectivity index (χ0) is 15.2. The second kappa shape index (κ2) is 7.18. The van der Waals surface area contributed by atoms with Gasteiger partial charge in [0.05, 0.1) is 6.04 Å². The topological polar surface area (TPSA) is 46.9 Å². The van der Waals surface area contributed by atoms with E-state index in [1.807, 2.05) is 13.1 Å². The quantitative estimate of drug-likeness (QED) is 0.887. The molecule has 21 heavy (non-hydrogen) atoms. The van der Waals surface area contributed by atoms with Crippen LogP contribution in [0.5, 0.6) is 0 Å². The van der Waals surface area contributed by atoms with Gasteiger partial charge in [0.15, 0.2) is 0 Å². The molecule has 0 saturated carbocycles. The molecule has 1 unspecified atom stereocenters. The van der Waals surface area contributed by atoms with Gasteiger partial charge in [0, 0.05) is 18.9 Å². The lowest BCUT2D eigenvalue weighted by Crippen LogP contribution is -2.31. The number of rotatable bonds is 6. The molecule has 0 bridgehead atoms. The molecule has 0 amide bonds. The average molecular weight is 285 g/mol. The maximum absolute atomic E-state index is 11.9. The molecule has 0 aliphatic carbocycles. The molecule has 1 heterocycles. The zero-order valence-electron chi connectivity index (χ0n) is 13.0. The third kappa shape index (κ3) is 4.02. The van der Waals surface area contributed by atoms with Crippen LogP contribution in [0.2, 0.25) is 0 Å². The van der Waals surface area contributed by atoms with Gasteiger partial charge in [-0.3, -0.25) is 4.57 Å². The molecule has 1 atom stereocenters. The summed E-state index contributed by atoms with van der Waals surface area (Å²) in [6, 6.07) is 8.69. The largest absolute Gasteiger partial charge is 0.347 e. The van der Waals surface area contributed by atoms with E-state index in [2.05, 4.69) is 48.4 Å². The Morgan fingerprint density at radius 3 is 2.57 bits per heavy atom. The fourth-order valence-electron chi connectivity index (χ4n) is 2.41. The van der Waals surface area contributed by atoms with Crippen molar-refractivity contribution in [2.24, 2.45) is 0 Å². The van der Waals surface area contributed by atoms with Crippen molar-refractivity contribution in [2.75, 3.05) is 6.54 Å². The predicted molar refractivity (Wildman–Crippen MR) is 85.5 cm³/mol. The van der Waals surface area contributed by atoms with Gasteiger partial charge in [0.2, 0.25) is 0 Å². The van der Waals surface area contributed by atoms with E-state index in [0.717, 1.165) is 18.5 Å². The van der Waals surface area contributed by atoms with Crippen LogP contribution in [-0.4, -0.2) is 16.1 Å². The SMILES string of the molecule is CCNC(Cn1cc(C)cnc1=O)c1ccc(CC)cc1. The molecule has 4 nitrogen and oxygen atoms in total. The highest BCUT2D eigenvalue weighted by Gasteiger charge is 2.12. The van der Waals surface area contributed by atoms with Crippen molar-refractivity contribution < 1.29 is 0 Å². The fraction of sp³-hybridized carbons (Fsp3) is 0.412. The Balaban J connectivity index is 2.25. The second-order valence-corrected chi connectivity index (χ2v) is 5.27. The second-order valence-electron chi connectivity index (χ2n) is 5.27. The summed E-state index contributed by atoms with van der Waals surface area (Å²) < 4.78 is 1.68. The number of hydrogen-bond acceptors (Lipinski definition) is 3. The lowest BCUT2D eigenvalue weighted by molar-refractivity contribution is 0.461. The van der Waals surface area contributed by atoms with Crippen molar-refractivity contribution in [1.82, 2.24) is 14.9 Å². The van der Waals surface area contributed by atoms with E-state index in [9.17, 15) is 4.79 Å². The first kappa shape index (κ1) is 15.4. The maximum atomic E-state index is 11.9. The number of benzene rings is 1. The Morgan fingerprint density at radius 2 is 1.95 bits per heavy atom. The Morgan fingerprint density at radius 1 is 1.24 bits per heavy atom. The number of hydrogen-bond donors (Lipinski definition) is 1. The summed E-state index contributed by atoms with van der Waals surface area (Å²) in [5, 5.41) is 3.44. The predicted octanol–water partition coefficient (Wildman–Crippen LogP) is 2.46. The highest BCUT2D eigenvalue weighted by atomic mass is 16.1. The summed E-state index contributed by atoms with van der Waals surface area (Å²) in [6.45, 7) is 7.61. The van der Waals surface area contributed by atoms with Crippen LogP contribution in [0.15, 0.2) is 41.5 Å². The summed E-state index contributed by atoms with van der Waals surface area (Å²) in [5.41, 5.74) is 3.31. The Labute approximate surface area is 125 Å². The van der Waals surface area contributed by atoms with Crippen molar-refractivity contribution in [3.8, 4) is 0 Å². The molecule has 1 N–H and O–H groups in total. The van der Waals surface area contributed by atoms with Gasteiger partial charge in [-0.25, -0.2) is 9.78 Å². The van der Waals surface area contributed by atoms with Crippen molar-refractivity contribution >= 4 is 0 Å². The summed E-state index contributed by atoms with van der Waals surface area (Å²) in [4.78, 5) is 15.8. The smallest absolute Gasteiger partial charge is 0.309 e. The molecule has 4 heteroatoms. The van der Waals surface area contributed by atoms with Gasteiger partial charge in [-0.2, -0.15) is 0 Å². The number of likely N-dealkylation sites (N-methyl/N-ethyl adjacent to an activating group) is 1. The number of aryl methyl sites for hydroxylation is 2. The number of aromatic nitrogens is 2. The molecule has 1 aromatic carbocycles. The number of nitrogens with one attached hydrogen (secondary N) is 1. The van der Waals surface area contributed by atoms with E-state index >= 15 is 0 Å². The normalized spacial score (nSPS) is 12.3. The monoisotopic (exact) mass is 285 g/mol. The molecule has 0 saturated heterocycles. The van der Waals surface area contributed by atoms with E-state index in [-0.39, 0.29) is 11.7 Å². The minimum Gasteiger partial charge on any atom is -0.309 e. The first-order chi connectivity index (χ1) is 10.1. The highest BCUT2D eigenvalue weighted by Crippen LogP contribution is 2.16. The summed E-state index contributed by atoms with van der Waals surface area (Å²) >= 11 is 0. The Hall–Kier alpha value is -1.94. The van der Waals surface area contributed by atoms with Gasteiger partial charge in [0.25, 0.3) is 0 Å². The summed E-state index contributed by atoms with van der Waals surface area (Å²) in [6.07, 6.45) is 4.50. The molecular formula is C17H23N3O. The Bertz CT molecular complexity index is 631. The van der Waals surface area contributed by atoms with Crippen LogP contribution in [-0.2, 0) is 13.0 Å². The molecule has 1 aromatic heterocycles. The Kier molecular flexibility index (Phi) is 5.28. The molecule has 2 aromatic rings. The van der Waals surface area contributed by atoms with Crippen LogP contribution >= 0.6 is 0 Å². The van der Waals surface area contributed by atoms with Crippen LogP contribution < -0.4 is 11.0 Å². The number of nitrogens with zero attached hydrogens (tertiary/aromatic N) is 2. The summed E-state index contributed by atoms with van der Waals surface area (Å²) in [5.74, 6) is 0. The van der Waals surface area contributed by atoms with Crippen molar-refractivity contribution in [1.29, 1.82) is 0 Å². The molecule has 0 fully saturated rings. The van der Waals surface area contributed by atoms with E-state index in [4.69, 9.17) is 0 Å². The van der Waals surface area contributed by atoms with Gasteiger partial charge in [-0.15, -0.1) is 0 Å². The average Bonchev–Trinajstić information content (AvgIpc) is 2.50. The van der Waals surface area contributed by atoms with Crippen molar-refractivity contribution in [2.45, 2.75) is 39.8 Å². The molecule has 112 valence electrons. The molecular weight excluding hydrogens is 262 g/mol. The van der Waals surface area contributed by atoms with Gasteiger partial charge >= 0.3 is 5.69 Å². The third-order valence-electron chi connectivity index (χ3n) is 3.60. The highest BCUT2D eigenvalue weighted by molar-refractivity contribution is 5.25. The van der Waals surface area contributed by atoms with Crippen LogP contribution in [0, 0.1) is 6.92 Å². The zero-order valence-corrected chi connectivity index (χ0v) is 13.0. The minimum atomic E-state index is -0.200. The van der Waals surface area contributed by atoms with Crippen molar-refractivity contribution in [3.63, 3.8) is 0 Å². The molecule has 0 aliphatic rings. The molecule has 2 rings (SSSR count). The molecule has 0 radical (unpaired) electrons. The van der Waals surface area contributed by atoms with E-state index in [1.165, 1.54) is 11.1 Å². The first-order valence-corrected chi connectivity index (χ1v) is 7.49. The van der Waals surface area contributed by atoms with Gasteiger partial charge in [-0.05, 0) is 36.6 Å². The van der Waals surface area contributed by atoms with E-state index in [1.54, 1.807) is 10.8 Å². The van der Waals surface area contributed by atoms with Gasteiger partial charge in [-0.1, -0.05) is 38.1 Å². The molecule has 0 spiro atoms. The first-order valence-electron chi connectivity index (χ1n) is 7.49. The minimum absolute atomic E-state index is 0.113. The maximum Gasteiger partial charge on any atom is 0.347 e. The lowest BCUT2D eigenvalue weighted by atomic mass is 10.0. The van der Waals surface area contributed by atoms with Gasteiger partial charge < -0.3 is 5.32 Å². The van der Waals surface area contributed by atoms with Gasteiger partial charge in [0.1, 0.15) is 0 Å². The molecule has 0 aliphatic heterocycles. The van der Waals surface area contributed by atoms with Crippen LogP contribution in [0.3, 0.4) is 0 Å². The standard InChI is InChI=1S/C17H23N3O/c1-4-14-6-8-15(9-7-14)16(18-5-2)12-20-11-13(3)10-19-17(20)21/h6-11,16,18H,4-5,12H2,1-3H3. The third-order valence-corrected chi connectivity index (χ3v) is 3.60. The lowest BCUT2D eigenvalue weighted by Gasteiger charge is -2.20. The summed E-state index contributed by atoms with van der Waals surface area (Å²) in [7, 11) is 0.